The Hall–Kier alpha value is -3.42. The Balaban J connectivity index is 0.000000709. The molecule has 0 fully saturated rings. The van der Waals surface area contributed by atoms with Gasteiger partial charge in [-0.3, -0.25) is 9.05 Å². The quantitative estimate of drug-likeness (QED) is 0.0530. The van der Waals surface area contributed by atoms with Crippen LogP contribution in [-0.4, -0.2) is 52.5 Å². The summed E-state index contributed by atoms with van der Waals surface area (Å²) in [6.45, 7) is 2.33. The molecule has 0 bridgehead atoms. The lowest BCUT2D eigenvalue weighted by Gasteiger charge is -2.25. The van der Waals surface area contributed by atoms with Gasteiger partial charge in [0.15, 0.2) is 11.4 Å². The zero-order valence-electron chi connectivity index (χ0n) is 32.6. The van der Waals surface area contributed by atoms with E-state index in [4.69, 9.17) is 29.5 Å². The Bertz CT molecular complexity index is 1610. The molecule has 12 nitrogen and oxygen atoms in total. The summed E-state index contributed by atoms with van der Waals surface area (Å²) in [5.41, 5.74) is 6.93. The number of phosphoric ester groups is 1. The minimum atomic E-state index is -4.31. The first-order valence-corrected chi connectivity index (χ1v) is 21.0. The van der Waals surface area contributed by atoms with Crippen LogP contribution in [0, 0.1) is 28.5 Å². The van der Waals surface area contributed by atoms with Gasteiger partial charge in [0.05, 0.1) is 24.8 Å². The van der Waals surface area contributed by atoms with Crippen molar-refractivity contribution in [2.24, 2.45) is 0 Å². The number of fused-ring (bicyclic) bond motifs is 1. The third kappa shape index (κ3) is 18.8. The van der Waals surface area contributed by atoms with Crippen LogP contribution in [0.5, 0.6) is 0 Å². The lowest BCUT2D eigenvalue weighted by molar-refractivity contribution is -0.0166. The number of benzene rings is 1. The first-order chi connectivity index (χ1) is 26.1. The van der Waals surface area contributed by atoms with Crippen molar-refractivity contribution < 1.29 is 32.4 Å². The monoisotopic (exact) mass is 772 g/mol. The van der Waals surface area contributed by atoms with Crippen LogP contribution in [-0.2, 0) is 36.1 Å². The van der Waals surface area contributed by atoms with E-state index >= 15 is 0 Å². The number of hydrogen-bond donors (Lipinski definition) is 2. The number of aromatic nitrogens is 3. The van der Waals surface area contributed by atoms with Gasteiger partial charge in [-0.1, -0.05) is 110 Å². The van der Waals surface area contributed by atoms with Crippen LogP contribution in [0.25, 0.3) is 5.52 Å². The normalized spacial score (nSPS) is 13.4. The SMILES string of the molecule is CCCCCCCCCCCCCCCCCCCOP(=O)(O)OCC(C#N)(CCc1ccc2c(N)ncnn12)OC.COCc1cc(F)cc(C#N)c1. The molecule has 0 saturated carbocycles. The molecule has 3 aromatic rings. The van der Waals surface area contributed by atoms with Crippen molar-refractivity contribution in [3.63, 3.8) is 0 Å². The molecule has 0 aliphatic heterocycles. The molecule has 3 N–H and O–H groups in total. The maximum absolute atomic E-state index is 12.7. The molecule has 1 aromatic carbocycles. The number of nitrogens with two attached hydrogens (primary N) is 1. The van der Waals surface area contributed by atoms with Gasteiger partial charge in [-0.2, -0.15) is 15.6 Å². The number of anilines is 1. The first kappa shape index (κ1) is 46.7. The molecule has 0 amide bonds. The Kier molecular flexibility index (Phi) is 23.5. The maximum Gasteiger partial charge on any atom is 0.472 e. The minimum Gasteiger partial charge on any atom is -0.382 e. The van der Waals surface area contributed by atoms with E-state index in [0.717, 1.165) is 18.5 Å². The second kappa shape index (κ2) is 27.2. The topological polar surface area (TPSA) is 178 Å². The molecule has 2 unspecified atom stereocenters. The number of unbranched alkanes of at least 4 members (excludes halogenated alkanes) is 16. The van der Waals surface area contributed by atoms with Crippen LogP contribution in [0.15, 0.2) is 36.7 Å². The molecule has 0 spiro atoms. The van der Waals surface area contributed by atoms with E-state index in [1.54, 1.807) is 16.6 Å². The molecule has 0 radical (unpaired) electrons. The van der Waals surface area contributed by atoms with Crippen LogP contribution in [0.2, 0.25) is 0 Å². The Morgan fingerprint density at radius 3 is 2.02 bits per heavy atom. The van der Waals surface area contributed by atoms with Crippen LogP contribution in [0.3, 0.4) is 0 Å². The zero-order valence-corrected chi connectivity index (χ0v) is 33.5. The van der Waals surface area contributed by atoms with Crippen molar-refractivity contribution in [1.29, 1.82) is 10.5 Å². The Morgan fingerprint density at radius 2 is 1.48 bits per heavy atom. The average molecular weight is 773 g/mol. The van der Waals surface area contributed by atoms with Gasteiger partial charge in [0.1, 0.15) is 30.3 Å². The fourth-order valence-electron chi connectivity index (χ4n) is 6.09. The highest BCUT2D eigenvalue weighted by atomic mass is 31.2. The molecule has 14 heteroatoms. The number of phosphoric acid groups is 1. The second-order valence-electron chi connectivity index (χ2n) is 13.7. The van der Waals surface area contributed by atoms with E-state index in [1.165, 1.54) is 123 Å². The number of halogens is 1. The van der Waals surface area contributed by atoms with Gasteiger partial charge >= 0.3 is 7.82 Å². The highest BCUT2D eigenvalue weighted by molar-refractivity contribution is 7.47. The number of rotatable bonds is 28. The summed E-state index contributed by atoms with van der Waals surface area (Å²) in [6.07, 6.45) is 23.6. The molecule has 0 saturated heterocycles. The van der Waals surface area contributed by atoms with E-state index in [-0.39, 0.29) is 13.0 Å². The lowest BCUT2D eigenvalue weighted by Crippen LogP contribution is -2.35. The maximum atomic E-state index is 12.7. The number of ether oxygens (including phenoxy) is 2. The number of nitrogens with zero attached hydrogens (tertiary/aromatic N) is 5. The standard InChI is InChI=1S/C31H54N5O5P.C9H8FNO/c1-3-4-5-6-7-8-9-10-11-12-13-14-15-16-17-18-19-24-40-42(37,38)41-26-31(25-32,39-2)23-22-28-20-21-29-30(33)34-27-35-36(28)29;1-12-6-8-2-7(5-11)3-9(10)4-8/h20-21,27H,3-19,22-24,26H2,1-2H3,(H,37,38)(H2,33,34,35);2-4H,6H2,1H3. The molecule has 2 heterocycles. The smallest absolute Gasteiger partial charge is 0.382 e. The van der Waals surface area contributed by atoms with Gasteiger partial charge in [-0.05, 0) is 55.2 Å². The largest absolute Gasteiger partial charge is 0.472 e. The molecular weight excluding hydrogens is 710 g/mol. The first-order valence-electron chi connectivity index (χ1n) is 19.5. The fraction of sp³-hybridized carbons (Fsp3) is 0.650. The molecule has 2 atom stereocenters. The Labute approximate surface area is 321 Å². The van der Waals surface area contributed by atoms with Gasteiger partial charge in [0.25, 0.3) is 0 Å². The number of methoxy groups -OCH3 is 2. The van der Waals surface area contributed by atoms with Crippen LogP contribution >= 0.6 is 7.82 Å². The third-order valence-electron chi connectivity index (χ3n) is 9.30. The predicted molar refractivity (Wildman–Crippen MR) is 209 cm³/mol. The van der Waals surface area contributed by atoms with E-state index in [2.05, 4.69) is 23.1 Å². The predicted octanol–water partition coefficient (Wildman–Crippen LogP) is 9.78. The summed E-state index contributed by atoms with van der Waals surface area (Å²) < 4.78 is 47.4. The highest BCUT2D eigenvalue weighted by Gasteiger charge is 2.35. The summed E-state index contributed by atoms with van der Waals surface area (Å²) in [4.78, 5) is 14.1. The van der Waals surface area contributed by atoms with Crippen molar-refractivity contribution in [1.82, 2.24) is 14.6 Å². The summed E-state index contributed by atoms with van der Waals surface area (Å²) in [5.74, 6) is -0.0445. The summed E-state index contributed by atoms with van der Waals surface area (Å²) in [6, 6.07) is 11.8. The van der Waals surface area contributed by atoms with Crippen LogP contribution in [0.4, 0.5) is 10.2 Å². The lowest BCUT2D eigenvalue weighted by atomic mass is 9.99. The van der Waals surface area contributed by atoms with Crippen LogP contribution < -0.4 is 5.73 Å². The summed E-state index contributed by atoms with van der Waals surface area (Å²) >= 11 is 0. The molecule has 0 aliphatic rings. The van der Waals surface area contributed by atoms with Gasteiger partial charge < -0.3 is 20.1 Å². The molecule has 54 heavy (non-hydrogen) atoms. The van der Waals surface area contributed by atoms with Crippen LogP contribution in [0.1, 0.15) is 139 Å². The van der Waals surface area contributed by atoms with Crippen molar-refractivity contribution in [2.45, 2.75) is 141 Å². The number of aryl methyl sites for hydroxylation is 1. The van der Waals surface area contributed by atoms with Crippen molar-refractivity contribution in [2.75, 3.05) is 33.2 Å². The van der Waals surface area contributed by atoms with Gasteiger partial charge in [-0.15, -0.1) is 0 Å². The van der Waals surface area contributed by atoms with Crippen molar-refractivity contribution in [3.8, 4) is 12.1 Å². The van der Waals surface area contributed by atoms with Crippen molar-refractivity contribution >= 4 is 19.2 Å². The van der Waals surface area contributed by atoms with Gasteiger partial charge in [0, 0.05) is 19.9 Å². The summed E-state index contributed by atoms with van der Waals surface area (Å²) in [7, 11) is -1.41. The number of nitriles is 2. The number of nitrogen functional groups attached to an aromatic ring is 1. The molecule has 0 aliphatic carbocycles. The summed E-state index contributed by atoms with van der Waals surface area (Å²) in [5, 5.41) is 22.5. The average Bonchev–Trinajstić information content (AvgIpc) is 3.59. The zero-order chi connectivity index (χ0) is 39.5. The van der Waals surface area contributed by atoms with Gasteiger partial charge in [0.2, 0.25) is 0 Å². The molecule has 3 rings (SSSR count). The van der Waals surface area contributed by atoms with E-state index in [1.807, 2.05) is 12.1 Å². The molecule has 300 valence electrons. The Morgan fingerprint density at radius 1 is 0.889 bits per heavy atom. The second-order valence-corrected chi connectivity index (χ2v) is 15.2. The van der Waals surface area contributed by atoms with Gasteiger partial charge in [-0.25, -0.2) is 18.5 Å². The molecule has 2 aromatic heterocycles. The third-order valence-corrected chi connectivity index (χ3v) is 10.3. The minimum absolute atomic E-state index is 0.135. The number of hydrogen-bond acceptors (Lipinski definition) is 10. The fourth-order valence-corrected chi connectivity index (χ4v) is 6.89. The molecular formula is C40H62FN6O6P. The van der Waals surface area contributed by atoms with E-state index < -0.39 is 25.8 Å². The van der Waals surface area contributed by atoms with E-state index in [0.29, 0.717) is 41.9 Å². The highest BCUT2D eigenvalue weighted by Crippen LogP contribution is 2.44. The van der Waals surface area contributed by atoms with Crippen molar-refractivity contribution in [3.05, 3.63) is 59.3 Å². The van der Waals surface area contributed by atoms with E-state index in [9.17, 15) is 19.1 Å².